The summed E-state index contributed by atoms with van der Waals surface area (Å²) in [5, 5.41) is 1.44. The maximum absolute atomic E-state index is 12.6. The predicted octanol–water partition coefficient (Wildman–Crippen LogP) is 2.64. The molecule has 1 saturated carbocycles. The second-order valence-electron chi connectivity index (χ2n) is 5.72. The number of fused-ring (bicyclic) bond motifs is 1. The van der Waals surface area contributed by atoms with E-state index < -0.39 is 10.0 Å². The first-order valence-corrected chi connectivity index (χ1v) is 8.21. The number of benzene rings is 2. The smallest absolute Gasteiger partial charge is 0.241 e. The molecule has 0 aromatic heterocycles. The zero-order valence-corrected chi connectivity index (χ0v) is 12.2. The molecule has 0 radical (unpaired) electrons. The van der Waals surface area contributed by atoms with E-state index >= 15 is 0 Å². The van der Waals surface area contributed by atoms with Gasteiger partial charge in [0, 0.05) is 22.0 Å². The van der Waals surface area contributed by atoms with Gasteiger partial charge in [0.05, 0.1) is 4.90 Å². The van der Waals surface area contributed by atoms with Crippen molar-refractivity contribution in [1.82, 2.24) is 4.72 Å². The molecule has 0 unspecified atom stereocenters. The molecule has 106 valence electrons. The molecule has 0 saturated heterocycles. The molecule has 3 rings (SSSR count). The van der Waals surface area contributed by atoms with Gasteiger partial charge >= 0.3 is 0 Å². The lowest BCUT2D eigenvalue weighted by molar-refractivity contribution is 0.248. The molecule has 2 aromatic carbocycles. The van der Waals surface area contributed by atoms with Crippen LogP contribution in [0.5, 0.6) is 0 Å². The molecule has 0 aliphatic heterocycles. The highest BCUT2D eigenvalue weighted by atomic mass is 32.2. The van der Waals surface area contributed by atoms with Crippen LogP contribution in [0, 0.1) is 0 Å². The van der Waals surface area contributed by atoms with Crippen molar-refractivity contribution in [3.05, 3.63) is 36.4 Å². The van der Waals surface area contributed by atoms with Gasteiger partial charge in [-0.2, -0.15) is 0 Å². The number of nitrogen functional groups attached to an aromatic ring is 1. The summed E-state index contributed by atoms with van der Waals surface area (Å²) >= 11 is 0. The fourth-order valence-electron chi connectivity index (χ4n) is 2.72. The van der Waals surface area contributed by atoms with Crippen LogP contribution in [0.25, 0.3) is 10.8 Å². The number of sulfonamides is 1. The maximum atomic E-state index is 12.6. The van der Waals surface area contributed by atoms with Crippen molar-refractivity contribution in [1.29, 1.82) is 0 Å². The van der Waals surface area contributed by atoms with E-state index in [0.29, 0.717) is 16.0 Å². The second kappa shape index (κ2) is 4.46. The van der Waals surface area contributed by atoms with Crippen LogP contribution in [0.2, 0.25) is 0 Å². The molecule has 2 aromatic rings. The Hall–Kier alpha value is -1.59. The van der Waals surface area contributed by atoms with Gasteiger partial charge in [-0.3, -0.25) is 0 Å². The van der Waals surface area contributed by atoms with Crippen LogP contribution in [0.4, 0.5) is 5.69 Å². The first-order chi connectivity index (χ1) is 9.41. The predicted molar refractivity (Wildman–Crippen MR) is 80.9 cm³/mol. The van der Waals surface area contributed by atoms with E-state index in [1.807, 2.05) is 25.1 Å². The number of hydrogen-bond acceptors (Lipinski definition) is 3. The summed E-state index contributed by atoms with van der Waals surface area (Å²) in [6, 6.07) is 10.6. The molecule has 1 aliphatic carbocycles. The Balaban J connectivity index is 2.12. The Kier molecular flexibility index (Phi) is 2.99. The largest absolute Gasteiger partial charge is 0.398 e. The van der Waals surface area contributed by atoms with E-state index in [9.17, 15) is 8.42 Å². The first kappa shape index (κ1) is 13.4. The van der Waals surface area contributed by atoms with Crippen LogP contribution in [0.1, 0.15) is 26.2 Å². The highest BCUT2D eigenvalue weighted by Crippen LogP contribution is 2.34. The van der Waals surface area contributed by atoms with E-state index in [2.05, 4.69) is 4.72 Å². The third-order valence-electron chi connectivity index (χ3n) is 4.05. The van der Waals surface area contributed by atoms with Gasteiger partial charge < -0.3 is 5.73 Å². The fraction of sp³-hybridized carbons (Fsp3) is 0.333. The first-order valence-electron chi connectivity index (χ1n) is 6.73. The molecule has 1 aliphatic rings. The Bertz CT molecular complexity index is 765. The number of nitrogens with two attached hydrogens (primary N) is 1. The van der Waals surface area contributed by atoms with E-state index in [1.165, 1.54) is 0 Å². The molecule has 0 atom stereocenters. The molecule has 1 fully saturated rings. The fourth-order valence-corrected chi connectivity index (χ4v) is 4.40. The van der Waals surface area contributed by atoms with Crippen LogP contribution < -0.4 is 10.5 Å². The van der Waals surface area contributed by atoms with Gasteiger partial charge in [0.15, 0.2) is 0 Å². The minimum atomic E-state index is -3.53. The average molecular weight is 290 g/mol. The van der Waals surface area contributed by atoms with Gasteiger partial charge in [-0.25, -0.2) is 13.1 Å². The van der Waals surface area contributed by atoms with Gasteiger partial charge in [-0.15, -0.1) is 0 Å². The van der Waals surface area contributed by atoms with Gasteiger partial charge in [-0.1, -0.05) is 24.3 Å². The molecule has 3 N–H and O–H groups in total. The highest BCUT2D eigenvalue weighted by Gasteiger charge is 2.36. The average Bonchev–Trinajstić information content (AvgIpc) is 2.37. The minimum Gasteiger partial charge on any atom is -0.398 e. The van der Waals surface area contributed by atoms with Crippen LogP contribution in [0.15, 0.2) is 41.3 Å². The van der Waals surface area contributed by atoms with Crippen LogP contribution in [0.3, 0.4) is 0 Å². The van der Waals surface area contributed by atoms with Crippen LogP contribution >= 0.6 is 0 Å². The summed E-state index contributed by atoms with van der Waals surface area (Å²) < 4.78 is 28.1. The zero-order valence-electron chi connectivity index (χ0n) is 11.4. The lowest BCUT2D eigenvalue weighted by Gasteiger charge is -2.38. The molecule has 0 amide bonds. The van der Waals surface area contributed by atoms with Crippen molar-refractivity contribution < 1.29 is 8.42 Å². The normalized spacial score (nSPS) is 17.9. The summed E-state index contributed by atoms with van der Waals surface area (Å²) in [6.07, 6.45) is 2.85. The number of anilines is 1. The lowest BCUT2D eigenvalue weighted by atomic mass is 9.80. The van der Waals surface area contributed by atoms with E-state index in [-0.39, 0.29) is 5.54 Å². The Morgan fingerprint density at radius 2 is 1.75 bits per heavy atom. The summed E-state index contributed by atoms with van der Waals surface area (Å²) in [5.74, 6) is 0. The molecule has 0 spiro atoms. The van der Waals surface area contributed by atoms with Crippen molar-refractivity contribution in [2.75, 3.05) is 5.73 Å². The van der Waals surface area contributed by atoms with Gasteiger partial charge in [0.25, 0.3) is 0 Å². The van der Waals surface area contributed by atoms with Crippen LogP contribution in [-0.4, -0.2) is 14.0 Å². The van der Waals surface area contributed by atoms with Crippen molar-refractivity contribution in [2.45, 2.75) is 36.6 Å². The summed E-state index contributed by atoms with van der Waals surface area (Å²) in [4.78, 5) is 0.301. The van der Waals surface area contributed by atoms with Crippen molar-refractivity contribution in [2.24, 2.45) is 0 Å². The highest BCUT2D eigenvalue weighted by molar-refractivity contribution is 7.89. The quantitative estimate of drug-likeness (QED) is 0.854. The van der Waals surface area contributed by atoms with E-state index in [4.69, 9.17) is 5.73 Å². The number of nitrogens with one attached hydrogen (secondary N) is 1. The molecule has 4 nitrogen and oxygen atoms in total. The standard InChI is InChI=1S/C15H18N2O2S/c1-15(9-4-10-15)17-20(18,19)14-8-7-13(16)11-5-2-3-6-12(11)14/h2-3,5-8,17H,4,9-10,16H2,1H3. The van der Waals surface area contributed by atoms with Gasteiger partial charge in [-0.05, 0) is 38.3 Å². The van der Waals surface area contributed by atoms with Crippen molar-refractivity contribution in [3.63, 3.8) is 0 Å². The Morgan fingerprint density at radius 3 is 2.35 bits per heavy atom. The second-order valence-corrected chi connectivity index (χ2v) is 7.37. The monoisotopic (exact) mass is 290 g/mol. The zero-order chi connectivity index (χ0) is 14.4. The third kappa shape index (κ3) is 2.17. The number of rotatable bonds is 3. The van der Waals surface area contributed by atoms with Crippen molar-refractivity contribution in [3.8, 4) is 0 Å². The molecule has 5 heteroatoms. The summed E-state index contributed by atoms with van der Waals surface area (Å²) in [6.45, 7) is 1.95. The number of hydrogen-bond donors (Lipinski definition) is 2. The molecule has 20 heavy (non-hydrogen) atoms. The third-order valence-corrected chi connectivity index (χ3v) is 5.74. The van der Waals surface area contributed by atoms with E-state index in [0.717, 1.165) is 24.6 Å². The van der Waals surface area contributed by atoms with E-state index in [1.54, 1.807) is 18.2 Å². The van der Waals surface area contributed by atoms with Gasteiger partial charge in [0.1, 0.15) is 0 Å². The molecule has 0 heterocycles. The Labute approximate surface area is 119 Å². The molecular formula is C15H18N2O2S. The van der Waals surface area contributed by atoms with Gasteiger partial charge in [0.2, 0.25) is 10.0 Å². The van der Waals surface area contributed by atoms with Crippen molar-refractivity contribution >= 4 is 26.5 Å². The Morgan fingerprint density at radius 1 is 1.10 bits per heavy atom. The molecule has 0 bridgehead atoms. The topological polar surface area (TPSA) is 72.2 Å². The summed E-state index contributed by atoms with van der Waals surface area (Å²) in [7, 11) is -3.53. The summed E-state index contributed by atoms with van der Waals surface area (Å²) in [5.41, 5.74) is 6.21. The maximum Gasteiger partial charge on any atom is 0.241 e. The van der Waals surface area contributed by atoms with Crippen LogP contribution in [-0.2, 0) is 10.0 Å². The molecular weight excluding hydrogens is 272 g/mol. The lowest BCUT2D eigenvalue weighted by Crippen LogP contribution is -2.50. The minimum absolute atomic E-state index is 0.301. The SMILES string of the molecule is CC1(NS(=O)(=O)c2ccc(N)c3ccccc23)CCC1.